The van der Waals surface area contributed by atoms with Crippen molar-refractivity contribution < 1.29 is 9.84 Å². The number of anilines is 1. The van der Waals surface area contributed by atoms with Gasteiger partial charge in [0, 0.05) is 49.9 Å². The molecular weight excluding hydrogens is 328 g/mol. The van der Waals surface area contributed by atoms with Crippen molar-refractivity contribution >= 4 is 5.82 Å². The van der Waals surface area contributed by atoms with Gasteiger partial charge in [0.1, 0.15) is 11.6 Å². The Hall–Kier alpha value is -1.24. The molecule has 2 saturated heterocycles. The summed E-state index contributed by atoms with van der Waals surface area (Å²) in [6.45, 7) is 14.2. The zero-order valence-electron chi connectivity index (χ0n) is 16.8. The van der Waals surface area contributed by atoms with Crippen LogP contribution in [0.5, 0.6) is 0 Å². The Morgan fingerprint density at radius 1 is 1.19 bits per heavy atom. The van der Waals surface area contributed by atoms with Crippen molar-refractivity contribution in [3.8, 4) is 0 Å². The van der Waals surface area contributed by atoms with Crippen molar-refractivity contribution in [2.24, 2.45) is 5.41 Å². The van der Waals surface area contributed by atoms with Crippen LogP contribution in [0.15, 0.2) is 6.07 Å². The van der Waals surface area contributed by atoms with E-state index in [0.717, 1.165) is 82.5 Å². The first-order chi connectivity index (χ1) is 12.3. The molecule has 1 N–H and O–H groups in total. The first-order valence-electron chi connectivity index (χ1n) is 9.95. The van der Waals surface area contributed by atoms with Crippen molar-refractivity contribution in [3.05, 3.63) is 17.6 Å². The Morgan fingerprint density at radius 3 is 2.58 bits per heavy atom. The molecule has 0 saturated carbocycles. The fourth-order valence-corrected chi connectivity index (χ4v) is 4.14. The monoisotopic (exact) mass is 362 g/mol. The van der Waals surface area contributed by atoms with Gasteiger partial charge in [0.05, 0.1) is 18.8 Å². The lowest BCUT2D eigenvalue weighted by Crippen LogP contribution is -2.62. The Balaban J connectivity index is 1.73. The molecule has 3 rings (SSSR count). The summed E-state index contributed by atoms with van der Waals surface area (Å²) in [7, 11) is 0. The molecule has 0 bridgehead atoms. The SMILES string of the molecule is CCCc1cc(N2CC[C@](O)(CN3CCOCC3)C(C)(C)C2)nc(C)n1. The minimum Gasteiger partial charge on any atom is -0.388 e. The van der Waals surface area contributed by atoms with Gasteiger partial charge in [0.15, 0.2) is 0 Å². The first-order valence-corrected chi connectivity index (χ1v) is 9.95. The number of morpholine rings is 1. The molecule has 2 aliphatic rings. The minimum absolute atomic E-state index is 0.215. The van der Waals surface area contributed by atoms with Gasteiger partial charge >= 0.3 is 0 Å². The third-order valence-electron chi connectivity index (χ3n) is 5.94. The molecule has 1 aromatic rings. The number of nitrogens with zero attached hydrogens (tertiary/aromatic N) is 4. The Kier molecular flexibility index (Phi) is 5.85. The maximum absolute atomic E-state index is 11.5. The van der Waals surface area contributed by atoms with Crippen LogP contribution in [-0.2, 0) is 11.2 Å². The largest absolute Gasteiger partial charge is 0.388 e. The molecule has 6 nitrogen and oxygen atoms in total. The standard InChI is InChI=1S/C20H34N4O2/c1-5-6-17-13-18(22-16(2)21-17)24-8-7-20(25,19(3,4)14-24)15-23-9-11-26-12-10-23/h13,25H,5-12,14-15H2,1-4H3/t20-/m0/s1. The average molecular weight is 363 g/mol. The van der Waals surface area contributed by atoms with Crippen molar-refractivity contribution in [1.29, 1.82) is 0 Å². The molecule has 0 amide bonds. The lowest BCUT2D eigenvalue weighted by Gasteiger charge is -2.52. The average Bonchev–Trinajstić information content (AvgIpc) is 2.58. The molecule has 146 valence electrons. The summed E-state index contributed by atoms with van der Waals surface area (Å²) in [5, 5.41) is 11.5. The van der Waals surface area contributed by atoms with Gasteiger partial charge in [0.25, 0.3) is 0 Å². The predicted molar refractivity (Wildman–Crippen MR) is 104 cm³/mol. The number of hydrogen-bond acceptors (Lipinski definition) is 6. The highest BCUT2D eigenvalue weighted by Crippen LogP contribution is 2.40. The highest BCUT2D eigenvalue weighted by Gasteiger charge is 2.48. The van der Waals surface area contributed by atoms with Gasteiger partial charge in [-0.2, -0.15) is 0 Å². The van der Waals surface area contributed by atoms with Crippen LogP contribution in [0, 0.1) is 12.3 Å². The van der Waals surface area contributed by atoms with E-state index in [2.05, 4.69) is 46.6 Å². The fraction of sp³-hybridized carbons (Fsp3) is 0.800. The number of β-amino-alcohol motifs (C(OH)–C–C–N with tert-alkyl or cyclic N) is 1. The Labute approximate surface area is 157 Å². The molecular formula is C20H34N4O2. The third-order valence-corrected chi connectivity index (χ3v) is 5.94. The smallest absolute Gasteiger partial charge is 0.132 e. The third kappa shape index (κ3) is 4.18. The highest BCUT2D eigenvalue weighted by molar-refractivity contribution is 5.41. The second-order valence-corrected chi connectivity index (χ2v) is 8.49. The summed E-state index contributed by atoms with van der Waals surface area (Å²) in [5.74, 6) is 1.83. The van der Waals surface area contributed by atoms with E-state index in [1.54, 1.807) is 0 Å². The Morgan fingerprint density at radius 2 is 1.92 bits per heavy atom. The molecule has 1 atom stereocenters. The van der Waals surface area contributed by atoms with Crippen LogP contribution in [0.25, 0.3) is 0 Å². The van der Waals surface area contributed by atoms with Gasteiger partial charge in [0.2, 0.25) is 0 Å². The highest BCUT2D eigenvalue weighted by atomic mass is 16.5. The van der Waals surface area contributed by atoms with Crippen molar-refractivity contribution in [1.82, 2.24) is 14.9 Å². The maximum Gasteiger partial charge on any atom is 0.132 e. The number of aromatic nitrogens is 2. The zero-order valence-corrected chi connectivity index (χ0v) is 16.8. The van der Waals surface area contributed by atoms with Crippen molar-refractivity contribution in [3.63, 3.8) is 0 Å². The second kappa shape index (κ2) is 7.79. The predicted octanol–water partition coefficient (Wildman–Crippen LogP) is 2.04. The van der Waals surface area contributed by atoms with Gasteiger partial charge in [-0.25, -0.2) is 9.97 Å². The van der Waals surface area contributed by atoms with E-state index in [1.807, 2.05) is 6.92 Å². The molecule has 6 heteroatoms. The van der Waals surface area contributed by atoms with E-state index in [-0.39, 0.29) is 5.41 Å². The molecule has 26 heavy (non-hydrogen) atoms. The first kappa shape index (κ1) is 19.5. The summed E-state index contributed by atoms with van der Waals surface area (Å²) in [6, 6.07) is 2.12. The van der Waals surface area contributed by atoms with E-state index in [9.17, 15) is 5.11 Å². The van der Waals surface area contributed by atoms with Gasteiger partial charge in [-0.15, -0.1) is 0 Å². The number of hydrogen-bond donors (Lipinski definition) is 1. The quantitative estimate of drug-likeness (QED) is 0.865. The summed E-state index contributed by atoms with van der Waals surface area (Å²) >= 11 is 0. The van der Waals surface area contributed by atoms with Crippen LogP contribution in [0.1, 0.15) is 45.1 Å². The molecule has 1 aromatic heterocycles. The van der Waals surface area contributed by atoms with Crippen LogP contribution in [0.4, 0.5) is 5.82 Å². The molecule has 0 aliphatic carbocycles. The van der Waals surface area contributed by atoms with Gasteiger partial charge < -0.3 is 14.7 Å². The van der Waals surface area contributed by atoms with E-state index in [0.29, 0.717) is 0 Å². The summed E-state index contributed by atoms with van der Waals surface area (Å²) in [5.41, 5.74) is 0.213. The minimum atomic E-state index is -0.685. The molecule has 0 unspecified atom stereocenters. The van der Waals surface area contributed by atoms with Crippen molar-refractivity contribution in [2.75, 3.05) is 50.8 Å². The molecule has 0 aromatic carbocycles. The fourth-order valence-electron chi connectivity index (χ4n) is 4.14. The number of aryl methyl sites for hydroxylation is 2. The number of aliphatic hydroxyl groups is 1. The van der Waals surface area contributed by atoms with Crippen LogP contribution >= 0.6 is 0 Å². The van der Waals surface area contributed by atoms with E-state index in [4.69, 9.17) is 4.74 Å². The van der Waals surface area contributed by atoms with Crippen LogP contribution in [-0.4, -0.2) is 71.5 Å². The van der Waals surface area contributed by atoms with Crippen LogP contribution in [0.2, 0.25) is 0 Å². The van der Waals surface area contributed by atoms with E-state index >= 15 is 0 Å². The molecule has 3 heterocycles. The van der Waals surface area contributed by atoms with E-state index in [1.165, 1.54) is 0 Å². The number of piperidine rings is 1. The summed E-state index contributed by atoms with van der Waals surface area (Å²) < 4.78 is 5.45. The summed E-state index contributed by atoms with van der Waals surface area (Å²) in [4.78, 5) is 13.9. The van der Waals surface area contributed by atoms with Crippen LogP contribution < -0.4 is 4.90 Å². The number of ether oxygens (including phenoxy) is 1. The molecule has 2 aliphatic heterocycles. The normalized spacial score (nSPS) is 26.9. The van der Waals surface area contributed by atoms with Crippen LogP contribution in [0.3, 0.4) is 0 Å². The second-order valence-electron chi connectivity index (χ2n) is 8.49. The summed E-state index contributed by atoms with van der Waals surface area (Å²) in [6.07, 6.45) is 2.82. The van der Waals surface area contributed by atoms with Gasteiger partial charge in [-0.1, -0.05) is 27.2 Å². The lowest BCUT2D eigenvalue weighted by atomic mass is 9.69. The van der Waals surface area contributed by atoms with Gasteiger partial charge in [-0.3, -0.25) is 4.90 Å². The zero-order chi connectivity index (χ0) is 18.8. The molecule has 0 radical (unpaired) electrons. The molecule has 2 fully saturated rings. The van der Waals surface area contributed by atoms with Crippen molar-refractivity contribution in [2.45, 2.75) is 52.6 Å². The topological polar surface area (TPSA) is 61.7 Å². The Bertz CT molecular complexity index is 616. The number of rotatable bonds is 5. The molecule has 0 spiro atoms. The van der Waals surface area contributed by atoms with Gasteiger partial charge in [-0.05, 0) is 19.8 Å². The van der Waals surface area contributed by atoms with E-state index < -0.39 is 5.60 Å². The maximum atomic E-state index is 11.5. The lowest BCUT2D eigenvalue weighted by molar-refractivity contribution is -0.111.